The first-order chi connectivity index (χ1) is 9.75. The molecule has 1 heterocycles. The molecule has 1 fully saturated rings. The van der Waals surface area contributed by atoms with E-state index in [-0.39, 0.29) is 0 Å². The summed E-state index contributed by atoms with van der Waals surface area (Å²) in [5, 5.41) is 3.40. The lowest BCUT2D eigenvalue weighted by Gasteiger charge is -2.22. The molecule has 3 heteroatoms. The maximum absolute atomic E-state index is 5.69. The predicted molar refractivity (Wildman–Crippen MR) is 82.4 cm³/mol. The number of piperidine rings is 1. The van der Waals surface area contributed by atoms with Crippen molar-refractivity contribution in [1.29, 1.82) is 0 Å². The first-order valence-corrected chi connectivity index (χ1v) is 7.77. The van der Waals surface area contributed by atoms with Crippen LogP contribution in [0.2, 0.25) is 0 Å². The van der Waals surface area contributed by atoms with Crippen LogP contribution in [0.4, 0.5) is 0 Å². The molecule has 3 nitrogen and oxygen atoms in total. The minimum absolute atomic E-state index is 0.566. The molecular formula is C17H27NO2. The van der Waals surface area contributed by atoms with Crippen molar-refractivity contribution >= 4 is 0 Å². The van der Waals surface area contributed by atoms with Gasteiger partial charge in [-0.3, -0.25) is 0 Å². The third kappa shape index (κ3) is 5.14. The summed E-state index contributed by atoms with van der Waals surface area (Å²) in [6.07, 6.45) is 2.55. The van der Waals surface area contributed by atoms with E-state index in [0.717, 1.165) is 25.4 Å². The van der Waals surface area contributed by atoms with Crippen LogP contribution >= 0.6 is 0 Å². The molecule has 2 rings (SSSR count). The first-order valence-electron chi connectivity index (χ1n) is 7.77. The van der Waals surface area contributed by atoms with Crippen molar-refractivity contribution in [3.63, 3.8) is 0 Å². The second-order valence-electron chi connectivity index (χ2n) is 5.86. The average Bonchev–Trinajstić information content (AvgIpc) is 2.48. The summed E-state index contributed by atoms with van der Waals surface area (Å²) < 4.78 is 11.4. The van der Waals surface area contributed by atoms with Gasteiger partial charge in [-0.15, -0.1) is 0 Å². The summed E-state index contributed by atoms with van der Waals surface area (Å²) in [6.45, 7) is 8.80. The second-order valence-corrected chi connectivity index (χ2v) is 5.86. The van der Waals surface area contributed by atoms with E-state index in [0.29, 0.717) is 25.0 Å². The lowest BCUT2D eigenvalue weighted by Crippen LogP contribution is -2.32. The van der Waals surface area contributed by atoms with Crippen LogP contribution < -0.4 is 10.1 Å². The van der Waals surface area contributed by atoms with Gasteiger partial charge in [0.15, 0.2) is 0 Å². The van der Waals surface area contributed by atoms with Crippen LogP contribution in [0.1, 0.15) is 38.2 Å². The van der Waals surface area contributed by atoms with E-state index < -0.39 is 0 Å². The standard InChI is InChI=1S/C17H27NO2/c1-14(2)16-5-7-17(8-6-16)20-11-10-19-13-15-4-3-9-18-12-15/h5-8,14-15,18H,3-4,9-13H2,1-2H3. The van der Waals surface area contributed by atoms with Gasteiger partial charge in [0.05, 0.1) is 13.2 Å². The van der Waals surface area contributed by atoms with E-state index in [1.54, 1.807) is 0 Å². The molecule has 0 aliphatic carbocycles. The molecule has 1 aromatic carbocycles. The first kappa shape index (κ1) is 15.3. The molecule has 0 spiro atoms. The Hall–Kier alpha value is -1.06. The van der Waals surface area contributed by atoms with Crippen LogP contribution in [0.25, 0.3) is 0 Å². The highest BCUT2D eigenvalue weighted by Gasteiger charge is 2.12. The Bertz CT molecular complexity index is 369. The molecule has 1 aromatic rings. The van der Waals surface area contributed by atoms with E-state index >= 15 is 0 Å². The molecule has 1 unspecified atom stereocenters. The van der Waals surface area contributed by atoms with Gasteiger partial charge >= 0.3 is 0 Å². The zero-order valence-electron chi connectivity index (χ0n) is 12.7. The van der Waals surface area contributed by atoms with Gasteiger partial charge < -0.3 is 14.8 Å². The van der Waals surface area contributed by atoms with E-state index in [2.05, 4.69) is 31.3 Å². The largest absolute Gasteiger partial charge is 0.491 e. The predicted octanol–water partition coefficient (Wildman–Crippen LogP) is 3.21. The molecule has 0 amide bonds. The Balaban J connectivity index is 1.58. The highest BCUT2D eigenvalue weighted by Crippen LogP contribution is 2.18. The number of benzene rings is 1. The Morgan fingerprint density at radius 2 is 2.00 bits per heavy atom. The lowest BCUT2D eigenvalue weighted by molar-refractivity contribution is 0.0671. The van der Waals surface area contributed by atoms with Crippen molar-refractivity contribution in [1.82, 2.24) is 5.32 Å². The van der Waals surface area contributed by atoms with Crippen molar-refractivity contribution in [3.8, 4) is 5.75 Å². The molecule has 1 aliphatic heterocycles. The molecule has 0 aromatic heterocycles. The molecule has 1 aliphatic rings. The van der Waals surface area contributed by atoms with E-state index in [1.165, 1.54) is 18.4 Å². The summed E-state index contributed by atoms with van der Waals surface area (Å²) in [4.78, 5) is 0. The smallest absolute Gasteiger partial charge is 0.119 e. The SMILES string of the molecule is CC(C)c1ccc(OCCOCC2CCCNC2)cc1. The van der Waals surface area contributed by atoms with Gasteiger partial charge in [0.2, 0.25) is 0 Å². The van der Waals surface area contributed by atoms with Crippen LogP contribution in [0.3, 0.4) is 0 Å². The van der Waals surface area contributed by atoms with Gasteiger partial charge in [-0.2, -0.15) is 0 Å². The third-order valence-electron chi connectivity index (χ3n) is 3.80. The van der Waals surface area contributed by atoms with Gasteiger partial charge in [0.1, 0.15) is 12.4 Å². The fourth-order valence-electron chi connectivity index (χ4n) is 2.48. The highest BCUT2D eigenvalue weighted by molar-refractivity contribution is 5.28. The zero-order valence-corrected chi connectivity index (χ0v) is 12.7. The summed E-state index contributed by atoms with van der Waals surface area (Å²) in [5.74, 6) is 2.17. The van der Waals surface area contributed by atoms with Gasteiger partial charge in [0.25, 0.3) is 0 Å². The molecule has 20 heavy (non-hydrogen) atoms. The van der Waals surface area contributed by atoms with Crippen molar-refractivity contribution < 1.29 is 9.47 Å². The summed E-state index contributed by atoms with van der Waals surface area (Å²) in [6, 6.07) is 8.35. The van der Waals surface area contributed by atoms with Crippen LogP contribution in [-0.4, -0.2) is 32.9 Å². The van der Waals surface area contributed by atoms with Crippen LogP contribution in [0, 0.1) is 5.92 Å². The Kier molecular flexibility index (Phi) is 6.34. The van der Waals surface area contributed by atoms with Gasteiger partial charge in [0, 0.05) is 6.54 Å². The maximum Gasteiger partial charge on any atom is 0.119 e. The quantitative estimate of drug-likeness (QED) is 0.776. The number of ether oxygens (including phenoxy) is 2. The lowest BCUT2D eigenvalue weighted by atomic mass is 10.0. The van der Waals surface area contributed by atoms with Crippen LogP contribution in [0.15, 0.2) is 24.3 Å². The number of hydrogen-bond donors (Lipinski definition) is 1. The second kappa shape index (κ2) is 8.28. The average molecular weight is 277 g/mol. The summed E-state index contributed by atoms with van der Waals surface area (Å²) in [5.41, 5.74) is 1.35. The van der Waals surface area contributed by atoms with Crippen molar-refractivity contribution in [2.75, 3.05) is 32.9 Å². The number of hydrogen-bond acceptors (Lipinski definition) is 3. The van der Waals surface area contributed by atoms with Crippen molar-refractivity contribution in [2.45, 2.75) is 32.6 Å². The van der Waals surface area contributed by atoms with Crippen LogP contribution in [-0.2, 0) is 4.74 Å². The van der Waals surface area contributed by atoms with Crippen LogP contribution in [0.5, 0.6) is 5.75 Å². The molecule has 1 N–H and O–H groups in total. The van der Waals surface area contributed by atoms with E-state index in [1.807, 2.05) is 12.1 Å². The van der Waals surface area contributed by atoms with Gasteiger partial charge in [-0.1, -0.05) is 26.0 Å². The number of rotatable bonds is 7. The molecular weight excluding hydrogens is 250 g/mol. The Morgan fingerprint density at radius 1 is 1.20 bits per heavy atom. The normalized spacial score (nSPS) is 19.2. The van der Waals surface area contributed by atoms with Crippen molar-refractivity contribution in [3.05, 3.63) is 29.8 Å². The third-order valence-corrected chi connectivity index (χ3v) is 3.80. The Labute approximate surface area is 122 Å². The van der Waals surface area contributed by atoms with Gasteiger partial charge in [-0.05, 0) is 48.9 Å². The monoisotopic (exact) mass is 277 g/mol. The highest BCUT2D eigenvalue weighted by atomic mass is 16.5. The summed E-state index contributed by atoms with van der Waals surface area (Å²) in [7, 11) is 0. The summed E-state index contributed by atoms with van der Waals surface area (Å²) >= 11 is 0. The topological polar surface area (TPSA) is 30.5 Å². The molecule has 0 radical (unpaired) electrons. The molecule has 0 bridgehead atoms. The zero-order chi connectivity index (χ0) is 14.2. The van der Waals surface area contributed by atoms with Gasteiger partial charge in [-0.25, -0.2) is 0 Å². The minimum atomic E-state index is 0.566. The Morgan fingerprint density at radius 3 is 2.65 bits per heavy atom. The molecule has 1 saturated heterocycles. The maximum atomic E-state index is 5.69. The minimum Gasteiger partial charge on any atom is -0.491 e. The van der Waals surface area contributed by atoms with E-state index in [9.17, 15) is 0 Å². The van der Waals surface area contributed by atoms with Crippen molar-refractivity contribution in [2.24, 2.45) is 5.92 Å². The fraction of sp³-hybridized carbons (Fsp3) is 0.647. The fourth-order valence-corrected chi connectivity index (χ4v) is 2.48. The molecule has 112 valence electrons. The molecule has 0 saturated carbocycles. The number of nitrogens with one attached hydrogen (secondary N) is 1. The van der Waals surface area contributed by atoms with E-state index in [4.69, 9.17) is 9.47 Å². The molecule has 1 atom stereocenters.